The van der Waals surface area contributed by atoms with E-state index in [0.29, 0.717) is 44.1 Å². The molecule has 1 N–H and O–H groups in total. The number of amides is 2. The third-order valence-electron chi connectivity index (χ3n) is 10.8. The molecule has 4 aromatic rings. The van der Waals surface area contributed by atoms with Crippen LogP contribution in [0.5, 0.6) is 0 Å². The summed E-state index contributed by atoms with van der Waals surface area (Å²) in [7, 11) is 0. The van der Waals surface area contributed by atoms with Crippen molar-refractivity contribution in [1.82, 2.24) is 0 Å². The Morgan fingerprint density at radius 3 is 2.00 bits per heavy atom. The first-order valence-corrected chi connectivity index (χ1v) is 18.0. The predicted molar refractivity (Wildman–Crippen MR) is 189 cm³/mol. The van der Waals surface area contributed by atoms with Crippen molar-refractivity contribution >= 4 is 84.3 Å². The second kappa shape index (κ2) is 9.85. The zero-order chi connectivity index (χ0) is 31.6. The van der Waals surface area contributed by atoms with Crippen molar-refractivity contribution in [2.24, 2.45) is 10.8 Å². The highest BCUT2D eigenvalue weighted by Gasteiger charge is 2.76. The lowest BCUT2D eigenvalue weighted by atomic mass is 9.34. The van der Waals surface area contributed by atoms with E-state index in [2.05, 4.69) is 81.7 Å². The highest BCUT2D eigenvalue weighted by atomic mass is 35.5. The number of rotatable bonds is 5. The van der Waals surface area contributed by atoms with E-state index >= 15 is 0 Å². The van der Waals surface area contributed by atoms with Gasteiger partial charge in [0.1, 0.15) is 0 Å². The summed E-state index contributed by atoms with van der Waals surface area (Å²) >= 11 is 14.9. The maximum atomic E-state index is 14.4. The number of hydrogen-bond acceptors (Lipinski definition) is 4. The topological polar surface area (TPSA) is 52.7 Å². The summed E-state index contributed by atoms with van der Waals surface area (Å²) in [6.07, 6.45) is 1.85. The molecule has 3 fully saturated rings. The van der Waals surface area contributed by atoms with Gasteiger partial charge in [-0.3, -0.25) is 9.59 Å². The molecule has 3 heterocycles. The van der Waals surface area contributed by atoms with Gasteiger partial charge < -0.3 is 15.1 Å². The Morgan fingerprint density at radius 2 is 1.42 bits per heavy atom. The minimum atomic E-state index is -0.477. The largest absolute Gasteiger partial charge is 0.380 e. The van der Waals surface area contributed by atoms with Crippen LogP contribution in [0.3, 0.4) is 0 Å². The molecule has 0 radical (unpaired) electrons. The zero-order valence-electron chi connectivity index (χ0n) is 26.5. The fourth-order valence-electron chi connectivity index (χ4n) is 9.00. The Bertz CT molecular complexity index is 1920. The molecule has 8 heteroatoms. The van der Waals surface area contributed by atoms with Crippen molar-refractivity contribution in [2.75, 3.05) is 40.0 Å². The number of halogens is 2. The summed E-state index contributed by atoms with van der Waals surface area (Å²) in [6.45, 7) is 11.9. The first-order chi connectivity index (χ1) is 21.4. The minimum absolute atomic E-state index is 0.0661. The molecule has 2 atom stereocenters. The molecular weight excluding hydrogens is 621 g/mol. The van der Waals surface area contributed by atoms with Crippen molar-refractivity contribution in [3.63, 3.8) is 0 Å². The molecule has 5 aliphatic rings. The SMILES string of the molecule is Cc1cc2c(c3c(C)csc13)[C@H](CCl)CN2C(=O)C12CC(C(=O)N3C[C@@H](CCl)c4c3cc(NC(C)(C)C)c3ccccc43)(C1)C2. The molecule has 45 heavy (non-hydrogen) atoms. The van der Waals surface area contributed by atoms with Crippen LogP contribution < -0.4 is 15.1 Å². The third kappa shape index (κ3) is 4.10. The third-order valence-corrected chi connectivity index (χ3v) is 12.8. The highest BCUT2D eigenvalue weighted by molar-refractivity contribution is 7.17. The second-order valence-electron chi connectivity index (χ2n) is 15.2. The Morgan fingerprint density at radius 1 is 0.867 bits per heavy atom. The van der Waals surface area contributed by atoms with Gasteiger partial charge in [0.15, 0.2) is 0 Å². The van der Waals surface area contributed by atoms with Gasteiger partial charge >= 0.3 is 0 Å². The van der Waals surface area contributed by atoms with Crippen LogP contribution >= 0.6 is 34.5 Å². The smallest absolute Gasteiger partial charge is 0.233 e. The summed E-state index contributed by atoms with van der Waals surface area (Å²) in [4.78, 5) is 32.8. The lowest BCUT2D eigenvalue weighted by Gasteiger charge is -2.69. The molecule has 2 amide bonds. The highest BCUT2D eigenvalue weighted by Crippen LogP contribution is 2.75. The molecule has 0 saturated heterocycles. The summed E-state index contributed by atoms with van der Waals surface area (Å²) in [5.41, 5.74) is 6.78. The molecule has 3 aromatic carbocycles. The molecule has 9 rings (SSSR count). The van der Waals surface area contributed by atoms with Crippen LogP contribution in [0.1, 0.15) is 74.1 Å². The van der Waals surface area contributed by atoms with Gasteiger partial charge in [0, 0.05) is 74.8 Å². The van der Waals surface area contributed by atoms with Crippen LogP contribution in [0.25, 0.3) is 20.9 Å². The molecule has 234 valence electrons. The molecule has 2 bridgehead atoms. The lowest BCUT2D eigenvalue weighted by Crippen LogP contribution is -2.73. The monoisotopic (exact) mass is 659 g/mol. The van der Waals surface area contributed by atoms with Gasteiger partial charge in [0.2, 0.25) is 11.8 Å². The maximum absolute atomic E-state index is 14.4. The molecule has 3 saturated carbocycles. The quantitative estimate of drug-likeness (QED) is 0.217. The number of benzene rings is 3. The summed E-state index contributed by atoms with van der Waals surface area (Å²) in [5, 5.41) is 9.46. The fourth-order valence-corrected chi connectivity index (χ4v) is 10.5. The number of thiophene rings is 1. The van der Waals surface area contributed by atoms with Crippen LogP contribution in [0.15, 0.2) is 41.8 Å². The first-order valence-electron chi connectivity index (χ1n) is 16.0. The molecule has 2 aliphatic heterocycles. The van der Waals surface area contributed by atoms with Crippen LogP contribution in [0.4, 0.5) is 17.1 Å². The number of hydrogen-bond donors (Lipinski definition) is 1. The number of nitrogens with zero attached hydrogens (tertiary/aromatic N) is 2. The van der Waals surface area contributed by atoms with E-state index in [4.69, 9.17) is 23.2 Å². The van der Waals surface area contributed by atoms with E-state index in [1.165, 1.54) is 26.8 Å². The van der Waals surface area contributed by atoms with Gasteiger partial charge in [-0.15, -0.1) is 34.5 Å². The molecular formula is C37H39Cl2N3O2S. The lowest BCUT2D eigenvalue weighted by molar-refractivity contribution is -0.204. The number of nitrogens with one attached hydrogen (secondary N) is 1. The van der Waals surface area contributed by atoms with Crippen LogP contribution in [-0.4, -0.2) is 42.2 Å². The number of carbonyl (C=O) groups excluding carboxylic acids is 2. The van der Waals surface area contributed by atoms with Gasteiger partial charge in [-0.1, -0.05) is 24.3 Å². The van der Waals surface area contributed by atoms with Crippen molar-refractivity contribution in [3.8, 4) is 0 Å². The van der Waals surface area contributed by atoms with Gasteiger partial charge in [-0.25, -0.2) is 0 Å². The Labute approximate surface area is 278 Å². The maximum Gasteiger partial charge on any atom is 0.233 e. The van der Waals surface area contributed by atoms with Gasteiger partial charge in [-0.05, 0) is 99.0 Å². The fraction of sp³-hybridized carbons (Fsp3) is 0.459. The Kier molecular flexibility index (Phi) is 6.48. The second-order valence-corrected chi connectivity index (χ2v) is 16.6. The molecule has 3 aliphatic carbocycles. The standard InChI is InChI=1S/C37H39Cl2N3O2S/c1-20-10-27-31(29-21(2)16-45-32(20)29)23(13-39)15-41(27)33(43)36-17-37(18-36,19-36)34(44)42-14-22(12-38)30-25-9-7-6-8-24(25)26(11-28(30)42)40-35(3,4)5/h6-11,16,22-23,40H,12-15,17-19H2,1-5H3/t22-,23-,36?,37?/m1/s1. The van der Waals surface area contributed by atoms with Crippen molar-refractivity contribution in [3.05, 3.63) is 64.0 Å². The molecule has 0 spiro atoms. The van der Waals surface area contributed by atoms with E-state index in [9.17, 15) is 9.59 Å². The number of anilines is 3. The van der Waals surface area contributed by atoms with E-state index < -0.39 is 10.8 Å². The van der Waals surface area contributed by atoms with Crippen LogP contribution in [-0.2, 0) is 9.59 Å². The van der Waals surface area contributed by atoms with E-state index in [1.54, 1.807) is 11.3 Å². The average molecular weight is 661 g/mol. The first kappa shape index (κ1) is 29.6. The summed E-state index contributed by atoms with van der Waals surface area (Å²) < 4.78 is 1.29. The van der Waals surface area contributed by atoms with Gasteiger partial charge in [0.25, 0.3) is 0 Å². The molecule has 0 unspecified atom stereocenters. The predicted octanol–water partition coefficient (Wildman–Crippen LogP) is 9.09. The zero-order valence-corrected chi connectivity index (χ0v) is 28.8. The van der Waals surface area contributed by atoms with Gasteiger partial charge in [-0.2, -0.15) is 0 Å². The van der Waals surface area contributed by atoms with E-state index in [0.717, 1.165) is 33.4 Å². The Hall–Kier alpha value is -2.80. The summed E-state index contributed by atoms with van der Waals surface area (Å²) in [6, 6.07) is 12.8. The normalized spacial score (nSPS) is 26.6. The van der Waals surface area contributed by atoms with Crippen LogP contribution in [0, 0.1) is 24.7 Å². The number of alkyl halides is 2. The van der Waals surface area contributed by atoms with Crippen molar-refractivity contribution in [2.45, 2.75) is 71.3 Å². The molecule has 1 aromatic heterocycles. The van der Waals surface area contributed by atoms with Crippen molar-refractivity contribution in [1.29, 1.82) is 0 Å². The van der Waals surface area contributed by atoms with Crippen molar-refractivity contribution < 1.29 is 9.59 Å². The number of fused-ring (bicyclic) bond motifs is 6. The van der Waals surface area contributed by atoms with Crippen LogP contribution in [0.2, 0.25) is 0 Å². The molecule has 5 nitrogen and oxygen atoms in total. The van der Waals surface area contributed by atoms with Gasteiger partial charge in [0.05, 0.1) is 10.8 Å². The number of carbonyl (C=O) groups is 2. The summed E-state index contributed by atoms with van der Waals surface area (Å²) in [5.74, 6) is 1.43. The average Bonchev–Trinajstić information content (AvgIpc) is 3.64. The minimum Gasteiger partial charge on any atom is -0.380 e. The van der Waals surface area contributed by atoms with E-state index in [1.807, 2.05) is 9.80 Å². The number of aryl methyl sites for hydroxylation is 2. The van der Waals surface area contributed by atoms with E-state index in [-0.39, 0.29) is 29.2 Å². The Balaban J connectivity index is 1.09.